The van der Waals surface area contributed by atoms with E-state index in [2.05, 4.69) is 51.2 Å². The number of ether oxygens (including phenoxy) is 4. The highest BCUT2D eigenvalue weighted by atomic mass is 32.2. The molecular weight excluding hydrogens is 614 g/mol. The van der Waals surface area contributed by atoms with Gasteiger partial charge in [0.05, 0.1) is 56.8 Å². The fourth-order valence-electron chi connectivity index (χ4n) is 5.77. The quantitative estimate of drug-likeness (QED) is 0.0780. The molecule has 0 radical (unpaired) electrons. The molecule has 0 unspecified atom stereocenters. The number of nitrogens with two attached hydrogens (primary N) is 1. The van der Waals surface area contributed by atoms with Gasteiger partial charge in [-0.05, 0) is 68.6 Å². The standard InChI is InChI=1S/C32H53N5O8S/c1-4-25-26-5-6-28(38)27(31(26)36(2)32(25)46-3)21-37-12-8-24(9-13-37)7-10-34-29(39)22-44-20-19-43-18-17-42-16-15-41-14-11-35-30(40)23-45-33/h5-6,24,38H,4,7-23,33H2,1-3H3,(H,34,39)(H,35,40). The average Bonchev–Trinajstić information content (AvgIpc) is 3.33. The van der Waals surface area contributed by atoms with Crippen LogP contribution in [0.1, 0.15) is 37.3 Å². The van der Waals surface area contributed by atoms with Gasteiger partial charge in [-0.3, -0.25) is 19.3 Å². The molecule has 0 atom stereocenters. The number of phenolic OH excluding ortho intramolecular Hbond substituents is 1. The van der Waals surface area contributed by atoms with Crippen molar-refractivity contribution in [3.05, 3.63) is 23.3 Å². The number of phenols is 1. The van der Waals surface area contributed by atoms with Gasteiger partial charge in [0.25, 0.3) is 0 Å². The van der Waals surface area contributed by atoms with Crippen LogP contribution in [0.2, 0.25) is 0 Å². The van der Waals surface area contributed by atoms with Gasteiger partial charge in [-0.2, -0.15) is 0 Å². The van der Waals surface area contributed by atoms with E-state index >= 15 is 0 Å². The minimum absolute atomic E-state index is 0.0154. The van der Waals surface area contributed by atoms with Crippen LogP contribution in [0.15, 0.2) is 17.2 Å². The predicted octanol–water partition coefficient (Wildman–Crippen LogP) is 1.96. The molecule has 0 saturated carbocycles. The van der Waals surface area contributed by atoms with E-state index in [1.54, 1.807) is 11.8 Å². The molecule has 2 aromatic rings. The average molecular weight is 668 g/mol. The first kappa shape index (κ1) is 38.0. The molecule has 1 aromatic carbocycles. The molecule has 2 heterocycles. The summed E-state index contributed by atoms with van der Waals surface area (Å²) in [4.78, 5) is 30.0. The number of nitrogens with zero attached hydrogens (tertiary/aromatic N) is 2. The van der Waals surface area contributed by atoms with Crippen LogP contribution in [0.3, 0.4) is 0 Å². The van der Waals surface area contributed by atoms with E-state index in [1.165, 1.54) is 16.0 Å². The Morgan fingerprint density at radius 1 is 0.913 bits per heavy atom. The number of amides is 2. The highest BCUT2D eigenvalue weighted by molar-refractivity contribution is 7.98. The number of aromatic nitrogens is 1. The number of carbonyl (C=O) groups is 2. The van der Waals surface area contributed by atoms with Gasteiger partial charge in [-0.1, -0.05) is 6.92 Å². The number of rotatable bonds is 23. The summed E-state index contributed by atoms with van der Waals surface area (Å²) in [5, 5.41) is 18.9. The predicted molar refractivity (Wildman–Crippen MR) is 178 cm³/mol. The van der Waals surface area contributed by atoms with Crippen molar-refractivity contribution in [2.75, 3.05) is 91.9 Å². The maximum atomic E-state index is 12.2. The summed E-state index contributed by atoms with van der Waals surface area (Å²) in [7, 11) is 2.10. The molecule has 0 bridgehead atoms. The van der Waals surface area contributed by atoms with Crippen molar-refractivity contribution < 1.29 is 38.5 Å². The number of benzene rings is 1. The molecule has 3 rings (SSSR count). The summed E-state index contributed by atoms with van der Waals surface area (Å²) in [6, 6.07) is 3.90. The van der Waals surface area contributed by atoms with E-state index in [9.17, 15) is 14.7 Å². The Labute approximate surface area is 276 Å². The lowest BCUT2D eigenvalue weighted by atomic mass is 9.93. The monoisotopic (exact) mass is 667 g/mol. The molecule has 1 aliphatic heterocycles. The molecule has 5 N–H and O–H groups in total. The van der Waals surface area contributed by atoms with E-state index in [-0.39, 0.29) is 25.0 Å². The highest BCUT2D eigenvalue weighted by Crippen LogP contribution is 2.37. The molecule has 14 heteroatoms. The van der Waals surface area contributed by atoms with Crippen LogP contribution in [0.5, 0.6) is 5.75 Å². The van der Waals surface area contributed by atoms with Gasteiger partial charge >= 0.3 is 0 Å². The Kier molecular flexibility index (Phi) is 17.7. The number of aryl methyl sites for hydroxylation is 2. The van der Waals surface area contributed by atoms with Crippen molar-refractivity contribution in [1.29, 1.82) is 0 Å². The summed E-state index contributed by atoms with van der Waals surface area (Å²) in [5.41, 5.74) is 3.50. The summed E-state index contributed by atoms with van der Waals surface area (Å²) in [5.74, 6) is 5.34. The first-order valence-corrected chi connectivity index (χ1v) is 17.4. The number of hydrogen-bond acceptors (Lipinski definition) is 11. The maximum absolute atomic E-state index is 12.2. The molecule has 1 fully saturated rings. The Hall–Kier alpha value is -2.43. The second-order valence-corrected chi connectivity index (χ2v) is 12.1. The normalized spacial score (nSPS) is 14.3. The van der Waals surface area contributed by atoms with Crippen LogP contribution >= 0.6 is 11.8 Å². The van der Waals surface area contributed by atoms with Crippen molar-refractivity contribution in [2.45, 2.75) is 44.2 Å². The number of likely N-dealkylation sites (tertiary alicyclic amines) is 1. The number of thioether (sulfide) groups is 1. The summed E-state index contributed by atoms with van der Waals surface area (Å²) < 4.78 is 23.9. The number of aromatic hydroxyl groups is 1. The van der Waals surface area contributed by atoms with Gasteiger partial charge in [0.2, 0.25) is 11.8 Å². The zero-order chi connectivity index (χ0) is 33.1. The van der Waals surface area contributed by atoms with E-state index < -0.39 is 0 Å². The topological polar surface area (TPSA) is 159 Å². The van der Waals surface area contributed by atoms with Crippen molar-refractivity contribution in [3.8, 4) is 5.75 Å². The van der Waals surface area contributed by atoms with Crippen molar-refractivity contribution in [2.24, 2.45) is 18.9 Å². The number of hydrogen-bond donors (Lipinski definition) is 4. The number of carbonyl (C=O) groups excluding carboxylic acids is 2. The minimum atomic E-state index is -0.293. The molecule has 1 aliphatic rings. The van der Waals surface area contributed by atoms with Crippen molar-refractivity contribution in [1.82, 2.24) is 20.1 Å². The Bertz CT molecular complexity index is 1210. The summed E-state index contributed by atoms with van der Waals surface area (Å²) >= 11 is 1.76. The van der Waals surface area contributed by atoms with E-state index in [0.717, 1.165) is 56.4 Å². The first-order chi connectivity index (χ1) is 22.4. The Balaban J connectivity index is 1.18. The number of nitrogens with one attached hydrogen (secondary N) is 2. The minimum Gasteiger partial charge on any atom is -0.508 e. The maximum Gasteiger partial charge on any atom is 0.248 e. The van der Waals surface area contributed by atoms with E-state index in [1.807, 2.05) is 6.07 Å². The molecule has 2 amide bonds. The van der Waals surface area contributed by atoms with Gasteiger partial charge < -0.3 is 39.3 Å². The van der Waals surface area contributed by atoms with Crippen LogP contribution in [0, 0.1) is 5.92 Å². The fraction of sp³-hybridized carbons (Fsp3) is 0.688. The van der Waals surface area contributed by atoms with Crippen LogP contribution in [-0.4, -0.2) is 118 Å². The Morgan fingerprint density at radius 2 is 1.52 bits per heavy atom. The molecular formula is C32H53N5O8S. The summed E-state index contributed by atoms with van der Waals surface area (Å²) in [6.45, 7) is 8.52. The lowest BCUT2D eigenvalue weighted by Gasteiger charge is -2.32. The van der Waals surface area contributed by atoms with Gasteiger partial charge in [0.1, 0.15) is 19.0 Å². The zero-order valence-corrected chi connectivity index (χ0v) is 28.5. The lowest BCUT2D eigenvalue weighted by Crippen LogP contribution is -2.35. The molecule has 13 nitrogen and oxygen atoms in total. The fourth-order valence-corrected chi connectivity index (χ4v) is 6.63. The van der Waals surface area contributed by atoms with Crippen molar-refractivity contribution in [3.63, 3.8) is 0 Å². The molecule has 1 saturated heterocycles. The van der Waals surface area contributed by atoms with Gasteiger partial charge in [-0.15, -0.1) is 11.8 Å². The number of fused-ring (bicyclic) bond motifs is 1. The third kappa shape index (κ3) is 12.3. The second kappa shape index (κ2) is 21.4. The highest BCUT2D eigenvalue weighted by Gasteiger charge is 2.23. The number of piperidine rings is 1. The molecule has 46 heavy (non-hydrogen) atoms. The first-order valence-electron chi connectivity index (χ1n) is 16.1. The smallest absolute Gasteiger partial charge is 0.248 e. The SMILES string of the molecule is CCc1c(SC)n(C)c2c(CN3CCC(CCNC(=O)COCCOCCOCCOCCNC(=O)CON)CC3)c(O)ccc12. The second-order valence-electron chi connectivity index (χ2n) is 11.3. The third-order valence-corrected chi connectivity index (χ3v) is 9.03. The van der Waals surface area contributed by atoms with Crippen molar-refractivity contribution >= 4 is 34.5 Å². The van der Waals surface area contributed by atoms with Gasteiger partial charge in [-0.25, -0.2) is 5.90 Å². The zero-order valence-electron chi connectivity index (χ0n) is 27.6. The van der Waals surface area contributed by atoms with E-state index in [0.29, 0.717) is 71.0 Å². The van der Waals surface area contributed by atoms with Crippen LogP contribution in [-0.2, 0) is 53.4 Å². The van der Waals surface area contributed by atoms with E-state index in [4.69, 9.17) is 24.8 Å². The molecule has 260 valence electrons. The largest absolute Gasteiger partial charge is 0.508 e. The summed E-state index contributed by atoms with van der Waals surface area (Å²) in [6.07, 6.45) is 6.18. The lowest BCUT2D eigenvalue weighted by molar-refractivity contribution is -0.127. The third-order valence-electron chi connectivity index (χ3n) is 8.12. The van der Waals surface area contributed by atoms with Gasteiger partial charge in [0, 0.05) is 37.6 Å². The Morgan fingerprint density at radius 3 is 2.15 bits per heavy atom. The molecule has 0 spiro atoms. The van der Waals surface area contributed by atoms with Crippen LogP contribution in [0.25, 0.3) is 10.9 Å². The molecule has 0 aliphatic carbocycles. The van der Waals surface area contributed by atoms with Gasteiger partial charge in [0.15, 0.2) is 0 Å². The van der Waals surface area contributed by atoms with Crippen LogP contribution in [0.4, 0.5) is 0 Å². The molecule has 1 aromatic heterocycles. The van der Waals surface area contributed by atoms with Crippen LogP contribution < -0.4 is 16.5 Å².